The Morgan fingerprint density at radius 1 is 0.650 bits per heavy atom. The van der Waals surface area contributed by atoms with Gasteiger partial charge in [-0.1, -0.05) is 24.3 Å². The number of carbonyl (C=O) groups is 4. The fourth-order valence-electron chi connectivity index (χ4n) is 2.49. The molecule has 0 bridgehead atoms. The van der Waals surface area contributed by atoms with Gasteiger partial charge in [0.25, 0.3) is 0 Å². The predicted molar refractivity (Wildman–Crippen MR) is 74.6 cm³/mol. The molecule has 0 N–H and O–H groups in total. The summed E-state index contributed by atoms with van der Waals surface area (Å²) in [6.07, 6.45) is 0. The van der Waals surface area contributed by atoms with Crippen molar-refractivity contribution in [1.29, 1.82) is 0 Å². The van der Waals surface area contributed by atoms with E-state index in [0.717, 1.165) is 0 Å². The molecule has 0 heterocycles. The van der Waals surface area contributed by atoms with Gasteiger partial charge in [0.15, 0.2) is 0 Å². The number of Topliss-reactive ketones (excluding diaryl/α,β-unsaturated/α-hetero) is 4. The van der Waals surface area contributed by atoms with Crippen molar-refractivity contribution in [3.8, 4) is 0 Å². The van der Waals surface area contributed by atoms with Gasteiger partial charge < -0.3 is 0 Å². The summed E-state index contributed by atoms with van der Waals surface area (Å²) < 4.78 is 0. The molecule has 0 radical (unpaired) electrons. The average Bonchev–Trinajstić information content (AvgIpc) is 2.29. The Morgan fingerprint density at radius 3 is 1.10 bits per heavy atom. The summed E-state index contributed by atoms with van der Waals surface area (Å²) in [6, 6.07) is 6.63. The number of carbonyl (C=O) groups excluding carboxylic acids is 4. The highest BCUT2D eigenvalue weighted by Gasteiger charge is 2.30. The van der Waals surface area contributed by atoms with Gasteiger partial charge in [-0.25, -0.2) is 0 Å². The summed E-state index contributed by atoms with van der Waals surface area (Å²) in [5.41, 5.74) is 0.894. The Bertz CT molecular complexity index is 493. The van der Waals surface area contributed by atoms with Crippen LogP contribution in [0, 0.1) is 0 Å². The highest BCUT2D eigenvalue weighted by atomic mass is 16.2. The summed E-state index contributed by atoms with van der Waals surface area (Å²) in [6.45, 7) is 5.33. The zero-order valence-corrected chi connectivity index (χ0v) is 12.1. The lowest BCUT2D eigenvalue weighted by Gasteiger charge is -2.19. The van der Waals surface area contributed by atoms with E-state index >= 15 is 0 Å². The number of hydrogen-bond acceptors (Lipinski definition) is 4. The van der Waals surface area contributed by atoms with Crippen molar-refractivity contribution in [2.24, 2.45) is 0 Å². The summed E-state index contributed by atoms with van der Waals surface area (Å²) in [5.74, 6) is -3.03. The summed E-state index contributed by atoms with van der Waals surface area (Å²) >= 11 is 0. The van der Waals surface area contributed by atoms with Gasteiger partial charge >= 0.3 is 0 Å². The van der Waals surface area contributed by atoms with Gasteiger partial charge in [0.1, 0.15) is 35.0 Å². The van der Waals surface area contributed by atoms with Crippen molar-refractivity contribution >= 4 is 23.1 Å². The third kappa shape index (κ3) is 3.26. The lowest BCUT2D eigenvalue weighted by atomic mass is 9.81. The van der Waals surface area contributed by atoms with Crippen molar-refractivity contribution in [2.75, 3.05) is 0 Å². The highest BCUT2D eigenvalue weighted by Crippen LogP contribution is 2.29. The summed E-state index contributed by atoms with van der Waals surface area (Å²) in [7, 11) is 0. The molecule has 0 aliphatic rings. The van der Waals surface area contributed by atoms with Crippen molar-refractivity contribution in [1.82, 2.24) is 0 Å². The third-order valence-corrected chi connectivity index (χ3v) is 3.24. The van der Waals surface area contributed by atoms with Crippen LogP contribution in [-0.4, -0.2) is 23.1 Å². The molecule has 0 aliphatic heterocycles. The smallest absolute Gasteiger partial charge is 0.144 e. The molecule has 0 aliphatic carbocycles. The molecule has 1 aromatic rings. The van der Waals surface area contributed by atoms with Gasteiger partial charge in [0.05, 0.1) is 0 Å². The zero-order chi connectivity index (χ0) is 15.4. The molecule has 20 heavy (non-hydrogen) atoms. The summed E-state index contributed by atoms with van der Waals surface area (Å²) in [4.78, 5) is 46.8. The quantitative estimate of drug-likeness (QED) is 0.746. The van der Waals surface area contributed by atoms with Crippen LogP contribution in [0.3, 0.4) is 0 Å². The molecule has 0 amide bonds. The summed E-state index contributed by atoms with van der Waals surface area (Å²) in [5, 5.41) is 0. The van der Waals surface area contributed by atoms with Gasteiger partial charge in [-0.3, -0.25) is 19.2 Å². The van der Waals surface area contributed by atoms with E-state index in [1.165, 1.54) is 27.7 Å². The van der Waals surface area contributed by atoms with E-state index in [2.05, 4.69) is 0 Å². The van der Waals surface area contributed by atoms with Crippen LogP contribution in [0.2, 0.25) is 0 Å². The van der Waals surface area contributed by atoms with Gasteiger partial charge in [0.2, 0.25) is 0 Å². The molecule has 0 saturated carbocycles. The second kappa shape index (κ2) is 6.37. The standard InChI is InChI=1S/C16H18O4/c1-9(17)15(10(2)18)13-7-5-6-8-14(13)16(11(3)19)12(4)20/h5-8,15-16H,1-4H3. The first-order valence-electron chi connectivity index (χ1n) is 6.38. The molecule has 4 nitrogen and oxygen atoms in total. The number of hydrogen-bond donors (Lipinski definition) is 0. The molecule has 0 spiro atoms. The molecule has 0 saturated heterocycles. The molecule has 4 heteroatoms. The van der Waals surface area contributed by atoms with E-state index in [1.807, 2.05) is 0 Å². The molecular formula is C16H18O4. The zero-order valence-electron chi connectivity index (χ0n) is 12.1. The van der Waals surface area contributed by atoms with E-state index in [0.29, 0.717) is 11.1 Å². The maximum Gasteiger partial charge on any atom is 0.144 e. The largest absolute Gasteiger partial charge is 0.299 e. The van der Waals surface area contributed by atoms with Crippen LogP contribution in [0.5, 0.6) is 0 Å². The van der Waals surface area contributed by atoms with Gasteiger partial charge in [-0.15, -0.1) is 0 Å². The minimum atomic E-state index is -0.924. The van der Waals surface area contributed by atoms with E-state index in [9.17, 15) is 19.2 Å². The lowest BCUT2D eigenvalue weighted by molar-refractivity contribution is -0.129. The number of benzene rings is 1. The SMILES string of the molecule is CC(=O)C(C(C)=O)c1ccccc1C(C(C)=O)C(C)=O. The average molecular weight is 274 g/mol. The maximum absolute atomic E-state index is 11.7. The van der Waals surface area contributed by atoms with Gasteiger partial charge in [-0.05, 0) is 38.8 Å². The van der Waals surface area contributed by atoms with Crippen LogP contribution in [-0.2, 0) is 19.2 Å². The van der Waals surface area contributed by atoms with E-state index in [-0.39, 0.29) is 23.1 Å². The van der Waals surface area contributed by atoms with Crippen LogP contribution >= 0.6 is 0 Å². The highest BCUT2D eigenvalue weighted by molar-refractivity contribution is 6.09. The molecule has 106 valence electrons. The van der Waals surface area contributed by atoms with E-state index in [4.69, 9.17) is 0 Å². The van der Waals surface area contributed by atoms with Crippen LogP contribution in [0.4, 0.5) is 0 Å². The predicted octanol–water partition coefficient (Wildman–Crippen LogP) is 2.21. The monoisotopic (exact) mass is 274 g/mol. The van der Waals surface area contributed by atoms with Crippen molar-refractivity contribution < 1.29 is 19.2 Å². The fraction of sp³-hybridized carbons (Fsp3) is 0.375. The molecule has 0 aromatic heterocycles. The Hall–Kier alpha value is -2.10. The first-order chi connectivity index (χ1) is 9.27. The molecule has 0 unspecified atom stereocenters. The van der Waals surface area contributed by atoms with Gasteiger partial charge in [0, 0.05) is 0 Å². The number of rotatable bonds is 6. The second-order valence-corrected chi connectivity index (χ2v) is 4.94. The molecule has 1 rings (SSSR count). The molecular weight excluding hydrogens is 256 g/mol. The molecule has 0 fully saturated rings. The maximum atomic E-state index is 11.7. The minimum Gasteiger partial charge on any atom is -0.299 e. The van der Waals surface area contributed by atoms with Crippen LogP contribution in [0.1, 0.15) is 50.7 Å². The Kier molecular flexibility index (Phi) is 5.08. The minimum absolute atomic E-state index is 0.296. The number of ketones is 4. The van der Waals surface area contributed by atoms with Crippen molar-refractivity contribution in [3.05, 3.63) is 35.4 Å². The Morgan fingerprint density at radius 2 is 0.900 bits per heavy atom. The first kappa shape index (κ1) is 16.0. The Labute approximate surface area is 118 Å². The third-order valence-electron chi connectivity index (χ3n) is 3.24. The molecule has 1 aromatic carbocycles. The van der Waals surface area contributed by atoms with Crippen LogP contribution in [0.15, 0.2) is 24.3 Å². The van der Waals surface area contributed by atoms with Crippen molar-refractivity contribution in [3.63, 3.8) is 0 Å². The van der Waals surface area contributed by atoms with Gasteiger partial charge in [-0.2, -0.15) is 0 Å². The molecule has 0 atom stereocenters. The second-order valence-electron chi connectivity index (χ2n) is 4.94. The van der Waals surface area contributed by atoms with E-state index in [1.54, 1.807) is 24.3 Å². The van der Waals surface area contributed by atoms with Crippen LogP contribution in [0.25, 0.3) is 0 Å². The van der Waals surface area contributed by atoms with Crippen molar-refractivity contribution in [2.45, 2.75) is 39.5 Å². The first-order valence-corrected chi connectivity index (χ1v) is 6.38. The topological polar surface area (TPSA) is 68.3 Å². The van der Waals surface area contributed by atoms with Crippen LogP contribution < -0.4 is 0 Å². The lowest BCUT2D eigenvalue weighted by Crippen LogP contribution is -2.24. The fourth-order valence-corrected chi connectivity index (χ4v) is 2.49. The Balaban J connectivity index is 3.50. The normalized spacial score (nSPS) is 10.7. The van der Waals surface area contributed by atoms with E-state index < -0.39 is 11.8 Å².